The normalized spacial score (nSPS) is 23.1. The highest BCUT2D eigenvalue weighted by atomic mass is 16.5. The first-order valence-corrected chi connectivity index (χ1v) is 7.97. The second-order valence-corrected chi connectivity index (χ2v) is 5.69. The molecule has 2 atom stereocenters. The molecule has 1 aromatic rings. The first kappa shape index (κ1) is 15.3. The van der Waals surface area contributed by atoms with Crippen LogP contribution in [0.2, 0.25) is 0 Å². The first-order valence-electron chi connectivity index (χ1n) is 7.97. The summed E-state index contributed by atoms with van der Waals surface area (Å²) in [6.45, 7) is 8.25. The van der Waals surface area contributed by atoms with Crippen LogP contribution in [-0.4, -0.2) is 31.1 Å². The molecule has 112 valence electrons. The second-order valence-electron chi connectivity index (χ2n) is 5.69. The fourth-order valence-electron chi connectivity index (χ4n) is 3.20. The minimum absolute atomic E-state index is 0.463. The van der Waals surface area contributed by atoms with Gasteiger partial charge in [-0.1, -0.05) is 26.0 Å². The molecule has 0 saturated carbocycles. The van der Waals surface area contributed by atoms with Crippen LogP contribution in [-0.2, 0) is 0 Å². The lowest BCUT2D eigenvalue weighted by molar-refractivity contribution is 0.229. The largest absolute Gasteiger partial charge is 0.494 e. The van der Waals surface area contributed by atoms with E-state index in [2.05, 4.69) is 43.0 Å². The van der Waals surface area contributed by atoms with Gasteiger partial charge in [-0.3, -0.25) is 4.90 Å². The maximum absolute atomic E-state index is 5.98. The van der Waals surface area contributed by atoms with Crippen LogP contribution < -0.4 is 10.5 Å². The summed E-state index contributed by atoms with van der Waals surface area (Å²) in [5.74, 6) is 1.56. The zero-order valence-electron chi connectivity index (χ0n) is 12.8. The van der Waals surface area contributed by atoms with E-state index in [1.54, 1.807) is 0 Å². The van der Waals surface area contributed by atoms with Crippen molar-refractivity contribution in [2.75, 3.05) is 26.2 Å². The lowest BCUT2D eigenvalue weighted by Gasteiger charge is -2.28. The Bertz CT molecular complexity index is 408. The number of rotatable bonds is 7. The van der Waals surface area contributed by atoms with Crippen LogP contribution in [0.25, 0.3) is 0 Å². The van der Waals surface area contributed by atoms with Gasteiger partial charge >= 0.3 is 0 Å². The monoisotopic (exact) mass is 276 g/mol. The van der Waals surface area contributed by atoms with Crippen LogP contribution in [0, 0.1) is 5.92 Å². The Hall–Kier alpha value is -1.06. The van der Waals surface area contributed by atoms with Crippen LogP contribution >= 0.6 is 0 Å². The second kappa shape index (κ2) is 7.65. The Morgan fingerprint density at radius 2 is 2.15 bits per heavy atom. The van der Waals surface area contributed by atoms with Crippen LogP contribution in [0.3, 0.4) is 0 Å². The molecular formula is C17H28N2O. The zero-order valence-corrected chi connectivity index (χ0v) is 12.8. The van der Waals surface area contributed by atoms with Crippen molar-refractivity contribution in [3.63, 3.8) is 0 Å². The van der Waals surface area contributed by atoms with E-state index in [0.717, 1.165) is 31.9 Å². The van der Waals surface area contributed by atoms with E-state index in [4.69, 9.17) is 10.5 Å². The number of ether oxygens (including phenoxy) is 1. The van der Waals surface area contributed by atoms with Crippen LogP contribution in [0.4, 0.5) is 0 Å². The van der Waals surface area contributed by atoms with Crippen LogP contribution in [0.1, 0.15) is 44.7 Å². The molecule has 0 amide bonds. The molecule has 2 rings (SSSR count). The minimum Gasteiger partial charge on any atom is -0.494 e. The lowest BCUT2D eigenvalue weighted by Crippen LogP contribution is -2.28. The van der Waals surface area contributed by atoms with E-state index in [1.807, 2.05) is 0 Å². The van der Waals surface area contributed by atoms with Crippen LogP contribution in [0.5, 0.6) is 5.75 Å². The molecule has 1 fully saturated rings. The number of nitrogens with two attached hydrogens (primary N) is 1. The molecule has 0 radical (unpaired) electrons. The van der Waals surface area contributed by atoms with Gasteiger partial charge in [0, 0.05) is 6.04 Å². The van der Waals surface area contributed by atoms with Gasteiger partial charge in [0.15, 0.2) is 0 Å². The van der Waals surface area contributed by atoms with Gasteiger partial charge in [-0.05, 0) is 62.5 Å². The van der Waals surface area contributed by atoms with E-state index in [0.29, 0.717) is 12.0 Å². The number of nitrogens with zero attached hydrogens (tertiary/aromatic N) is 1. The summed E-state index contributed by atoms with van der Waals surface area (Å²) >= 11 is 0. The maximum atomic E-state index is 5.98. The molecular weight excluding hydrogens is 248 g/mol. The number of likely N-dealkylation sites (tertiary alicyclic amines) is 1. The molecule has 0 aliphatic carbocycles. The fourth-order valence-corrected chi connectivity index (χ4v) is 3.20. The molecule has 1 saturated heterocycles. The quantitative estimate of drug-likeness (QED) is 0.831. The summed E-state index contributed by atoms with van der Waals surface area (Å²) in [5, 5.41) is 0. The molecule has 0 spiro atoms. The highest BCUT2D eigenvalue weighted by Crippen LogP contribution is 2.37. The molecule has 3 heteroatoms. The summed E-state index contributed by atoms with van der Waals surface area (Å²) in [5.41, 5.74) is 7.34. The van der Waals surface area contributed by atoms with E-state index in [-0.39, 0.29) is 0 Å². The minimum atomic E-state index is 0.463. The number of hydrogen-bond donors (Lipinski definition) is 1. The molecule has 1 aliphatic rings. The van der Waals surface area contributed by atoms with Crippen molar-refractivity contribution >= 4 is 0 Å². The fraction of sp³-hybridized carbons (Fsp3) is 0.647. The molecule has 2 unspecified atom stereocenters. The summed E-state index contributed by atoms with van der Waals surface area (Å²) in [4.78, 5) is 2.58. The molecule has 1 aromatic carbocycles. The third-order valence-electron chi connectivity index (χ3n) is 4.11. The number of benzene rings is 1. The van der Waals surface area contributed by atoms with E-state index in [9.17, 15) is 0 Å². The van der Waals surface area contributed by atoms with E-state index >= 15 is 0 Å². The third-order valence-corrected chi connectivity index (χ3v) is 4.11. The summed E-state index contributed by atoms with van der Waals surface area (Å²) in [6.07, 6.45) is 3.45. The van der Waals surface area contributed by atoms with Gasteiger partial charge in [0.25, 0.3) is 0 Å². The highest BCUT2D eigenvalue weighted by molar-refractivity contribution is 5.31. The molecule has 0 aromatic heterocycles. The standard InChI is InChI=1S/C17H28N2O/c1-3-9-19-10-8-15(13-18)17(19)14-6-5-7-16(12-14)20-11-4-2/h5-7,12,15,17H,3-4,8-11,13,18H2,1-2H3. The topological polar surface area (TPSA) is 38.5 Å². The average Bonchev–Trinajstić information content (AvgIpc) is 2.88. The van der Waals surface area contributed by atoms with Crippen LogP contribution in [0.15, 0.2) is 24.3 Å². The van der Waals surface area contributed by atoms with Crippen molar-refractivity contribution in [1.82, 2.24) is 4.90 Å². The molecule has 20 heavy (non-hydrogen) atoms. The average molecular weight is 276 g/mol. The predicted octanol–water partition coefficient (Wildman–Crippen LogP) is 3.21. The molecule has 3 nitrogen and oxygen atoms in total. The first-order chi connectivity index (χ1) is 9.80. The van der Waals surface area contributed by atoms with Crippen molar-refractivity contribution < 1.29 is 4.74 Å². The smallest absolute Gasteiger partial charge is 0.119 e. The Morgan fingerprint density at radius 1 is 1.30 bits per heavy atom. The van der Waals surface area contributed by atoms with E-state index < -0.39 is 0 Å². The van der Waals surface area contributed by atoms with Gasteiger partial charge in [-0.2, -0.15) is 0 Å². The number of hydrogen-bond acceptors (Lipinski definition) is 3. The van der Waals surface area contributed by atoms with Crippen molar-refractivity contribution in [3.8, 4) is 5.75 Å². The van der Waals surface area contributed by atoms with Gasteiger partial charge in [0.2, 0.25) is 0 Å². The molecule has 1 aliphatic heterocycles. The molecule has 1 heterocycles. The highest BCUT2D eigenvalue weighted by Gasteiger charge is 2.33. The van der Waals surface area contributed by atoms with Crippen molar-refractivity contribution in [2.24, 2.45) is 11.7 Å². The van der Waals surface area contributed by atoms with Crippen molar-refractivity contribution in [2.45, 2.75) is 39.2 Å². The zero-order chi connectivity index (χ0) is 14.4. The van der Waals surface area contributed by atoms with Crippen molar-refractivity contribution in [3.05, 3.63) is 29.8 Å². The Morgan fingerprint density at radius 3 is 2.85 bits per heavy atom. The molecule has 2 N–H and O–H groups in total. The van der Waals surface area contributed by atoms with Gasteiger partial charge in [0.05, 0.1) is 6.61 Å². The SMILES string of the molecule is CCCOc1cccc(C2C(CN)CCN2CCC)c1. The summed E-state index contributed by atoms with van der Waals surface area (Å²) < 4.78 is 5.77. The van der Waals surface area contributed by atoms with Gasteiger partial charge in [-0.15, -0.1) is 0 Å². The van der Waals surface area contributed by atoms with Gasteiger partial charge in [-0.25, -0.2) is 0 Å². The van der Waals surface area contributed by atoms with Crippen molar-refractivity contribution in [1.29, 1.82) is 0 Å². The summed E-state index contributed by atoms with van der Waals surface area (Å²) in [6, 6.07) is 9.05. The lowest BCUT2D eigenvalue weighted by atomic mass is 9.93. The third kappa shape index (κ3) is 3.53. The maximum Gasteiger partial charge on any atom is 0.119 e. The Kier molecular flexibility index (Phi) is 5.86. The Balaban J connectivity index is 2.17. The van der Waals surface area contributed by atoms with E-state index in [1.165, 1.54) is 24.9 Å². The predicted molar refractivity (Wildman–Crippen MR) is 84.0 cm³/mol. The summed E-state index contributed by atoms with van der Waals surface area (Å²) in [7, 11) is 0. The van der Waals surface area contributed by atoms with Gasteiger partial charge in [0.1, 0.15) is 5.75 Å². The van der Waals surface area contributed by atoms with Gasteiger partial charge < -0.3 is 10.5 Å². The molecule has 0 bridgehead atoms. The Labute approximate surface area is 123 Å².